The average molecular weight is 210 g/mol. The smallest absolute Gasteiger partial charge is 0.254 e. The second-order valence-corrected chi connectivity index (χ2v) is 3.39. The molecule has 0 fully saturated rings. The summed E-state index contributed by atoms with van der Waals surface area (Å²) < 4.78 is 0. The monoisotopic (exact) mass is 210 g/mol. The van der Waals surface area contributed by atoms with Crippen molar-refractivity contribution in [3.63, 3.8) is 0 Å². The molecule has 1 rings (SSSR count). The van der Waals surface area contributed by atoms with Gasteiger partial charge in [0.25, 0.3) is 5.91 Å². The third-order valence-corrected chi connectivity index (χ3v) is 1.62. The molecule has 0 saturated heterocycles. The van der Waals surface area contributed by atoms with Gasteiger partial charge in [-0.25, -0.2) is 0 Å². The first-order valence-corrected chi connectivity index (χ1v) is 4.66. The van der Waals surface area contributed by atoms with E-state index in [1.165, 1.54) is 12.4 Å². The average Bonchev–Trinajstić information content (AvgIpc) is 2.65. The molecule has 1 heterocycles. The zero-order valence-corrected chi connectivity index (χ0v) is 8.70. The van der Waals surface area contributed by atoms with Crippen molar-refractivity contribution in [3.05, 3.63) is 18.0 Å². The summed E-state index contributed by atoms with van der Waals surface area (Å²) in [7, 11) is 0. The minimum Gasteiger partial charge on any atom is -0.352 e. The van der Waals surface area contributed by atoms with Crippen molar-refractivity contribution < 1.29 is 9.59 Å². The highest BCUT2D eigenvalue weighted by Crippen LogP contribution is 1.91. The standard InChI is InChI=1S/C9H14N4O2/c1-6(2)13-8(14)5-10-9(15)7-3-11-12-4-7/h3-4,6H,5H2,1-2H3,(H,10,15)(H,11,12)(H,13,14). The van der Waals surface area contributed by atoms with Crippen molar-refractivity contribution in [2.24, 2.45) is 0 Å². The third kappa shape index (κ3) is 3.80. The molecule has 0 unspecified atom stereocenters. The summed E-state index contributed by atoms with van der Waals surface area (Å²) in [6.07, 6.45) is 2.87. The van der Waals surface area contributed by atoms with E-state index in [1.54, 1.807) is 0 Å². The molecule has 15 heavy (non-hydrogen) atoms. The molecular weight excluding hydrogens is 196 g/mol. The van der Waals surface area contributed by atoms with Crippen LogP contribution in [-0.4, -0.2) is 34.6 Å². The number of nitrogens with one attached hydrogen (secondary N) is 3. The predicted octanol–water partition coefficient (Wildman–Crippen LogP) is -0.336. The van der Waals surface area contributed by atoms with Gasteiger partial charge in [-0.2, -0.15) is 5.10 Å². The fourth-order valence-electron chi connectivity index (χ4n) is 1.01. The number of rotatable bonds is 4. The lowest BCUT2D eigenvalue weighted by Crippen LogP contribution is -2.39. The molecule has 2 amide bonds. The number of aromatic nitrogens is 2. The van der Waals surface area contributed by atoms with Crippen LogP contribution in [0.3, 0.4) is 0 Å². The van der Waals surface area contributed by atoms with Gasteiger partial charge < -0.3 is 10.6 Å². The maximum absolute atomic E-state index is 11.3. The molecule has 0 aliphatic rings. The lowest BCUT2D eigenvalue weighted by atomic mass is 10.3. The topological polar surface area (TPSA) is 86.9 Å². The molecular formula is C9H14N4O2. The largest absolute Gasteiger partial charge is 0.352 e. The minimum atomic E-state index is -0.317. The Labute approximate surface area is 87.4 Å². The zero-order chi connectivity index (χ0) is 11.3. The zero-order valence-electron chi connectivity index (χ0n) is 8.70. The maximum atomic E-state index is 11.3. The van der Waals surface area contributed by atoms with Gasteiger partial charge in [0.15, 0.2) is 0 Å². The van der Waals surface area contributed by atoms with Gasteiger partial charge in [-0.05, 0) is 13.8 Å². The molecule has 0 aliphatic heterocycles. The van der Waals surface area contributed by atoms with Gasteiger partial charge in [-0.3, -0.25) is 14.7 Å². The van der Waals surface area contributed by atoms with Crippen LogP contribution in [-0.2, 0) is 4.79 Å². The summed E-state index contributed by atoms with van der Waals surface area (Å²) in [5, 5.41) is 11.3. The summed E-state index contributed by atoms with van der Waals surface area (Å²) in [5.41, 5.74) is 0.410. The van der Waals surface area contributed by atoms with Crippen LogP contribution in [0.2, 0.25) is 0 Å². The first kappa shape index (κ1) is 11.2. The summed E-state index contributed by atoms with van der Waals surface area (Å²) in [5.74, 6) is -0.524. The first-order chi connectivity index (χ1) is 7.09. The third-order valence-electron chi connectivity index (χ3n) is 1.62. The van der Waals surface area contributed by atoms with Crippen molar-refractivity contribution in [2.45, 2.75) is 19.9 Å². The highest BCUT2D eigenvalue weighted by molar-refractivity contribution is 5.95. The van der Waals surface area contributed by atoms with Gasteiger partial charge >= 0.3 is 0 Å². The number of nitrogens with zero attached hydrogens (tertiary/aromatic N) is 1. The van der Waals surface area contributed by atoms with Crippen LogP contribution >= 0.6 is 0 Å². The Morgan fingerprint density at radius 2 is 2.27 bits per heavy atom. The molecule has 1 aromatic rings. The quantitative estimate of drug-likeness (QED) is 0.635. The SMILES string of the molecule is CC(C)NC(=O)CNC(=O)c1cn[nH]c1. The van der Waals surface area contributed by atoms with E-state index in [2.05, 4.69) is 20.8 Å². The molecule has 0 aliphatic carbocycles. The van der Waals surface area contributed by atoms with E-state index >= 15 is 0 Å². The Bertz CT molecular complexity index is 332. The molecule has 3 N–H and O–H groups in total. The number of amides is 2. The normalized spacial score (nSPS) is 10.1. The Kier molecular flexibility index (Phi) is 3.84. The molecule has 82 valence electrons. The molecule has 0 bridgehead atoms. The number of carbonyl (C=O) groups excluding carboxylic acids is 2. The van der Waals surface area contributed by atoms with Crippen LogP contribution < -0.4 is 10.6 Å². The van der Waals surface area contributed by atoms with Crippen LogP contribution in [0.1, 0.15) is 24.2 Å². The van der Waals surface area contributed by atoms with Gasteiger partial charge in [0, 0.05) is 12.2 Å². The summed E-state index contributed by atoms with van der Waals surface area (Å²) >= 11 is 0. The van der Waals surface area contributed by atoms with Crippen molar-refractivity contribution in [3.8, 4) is 0 Å². The molecule has 0 atom stereocenters. The Balaban J connectivity index is 2.32. The highest BCUT2D eigenvalue weighted by atomic mass is 16.2. The van der Waals surface area contributed by atoms with E-state index in [4.69, 9.17) is 0 Å². The van der Waals surface area contributed by atoms with Crippen LogP contribution in [0.15, 0.2) is 12.4 Å². The molecule has 0 spiro atoms. The van der Waals surface area contributed by atoms with E-state index in [9.17, 15) is 9.59 Å². The number of carbonyl (C=O) groups is 2. The van der Waals surface area contributed by atoms with E-state index < -0.39 is 0 Å². The van der Waals surface area contributed by atoms with E-state index in [-0.39, 0.29) is 24.4 Å². The maximum Gasteiger partial charge on any atom is 0.254 e. The van der Waals surface area contributed by atoms with Crippen LogP contribution in [0.4, 0.5) is 0 Å². The number of aromatic amines is 1. The highest BCUT2D eigenvalue weighted by Gasteiger charge is 2.08. The van der Waals surface area contributed by atoms with Crippen molar-refractivity contribution in [2.75, 3.05) is 6.54 Å². The second kappa shape index (κ2) is 5.14. The van der Waals surface area contributed by atoms with Gasteiger partial charge in [-0.1, -0.05) is 0 Å². The lowest BCUT2D eigenvalue weighted by molar-refractivity contribution is -0.120. The fraction of sp³-hybridized carbons (Fsp3) is 0.444. The molecule has 0 radical (unpaired) electrons. The van der Waals surface area contributed by atoms with Crippen molar-refractivity contribution >= 4 is 11.8 Å². The molecule has 6 nitrogen and oxygen atoms in total. The number of hydrogen-bond donors (Lipinski definition) is 3. The number of hydrogen-bond acceptors (Lipinski definition) is 3. The predicted molar refractivity (Wildman–Crippen MR) is 54.2 cm³/mol. The summed E-state index contributed by atoms with van der Waals surface area (Å²) in [6, 6.07) is 0.0725. The Morgan fingerprint density at radius 1 is 1.53 bits per heavy atom. The van der Waals surface area contributed by atoms with Gasteiger partial charge in [-0.15, -0.1) is 0 Å². The van der Waals surface area contributed by atoms with Gasteiger partial charge in [0.2, 0.25) is 5.91 Å². The van der Waals surface area contributed by atoms with Crippen molar-refractivity contribution in [1.29, 1.82) is 0 Å². The molecule has 0 saturated carbocycles. The molecule has 1 aromatic heterocycles. The summed E-state index contributed by atoms with van der Waals surface area (Å²) in [6.45, 7) is 3.69. The lowest BCUT2D eigenvalue weighted by Gasteiger charge is -2.08. The van der Waals surface area contributed by atoms with Crippen molar-refractivity contribution in [1.82, 2.24) is 20.8 Å². The Morgan fingerprint density at radius 3 is 2.80 bits per heavy atom. The summed E-state index contributed by atoms with van der Waals surface area (Å²) in [4.78, 5) is 22.5. The van der Waals surface area contributed by atoms with Crippen LogP contribution in [0.25, 0.3) is 0 Å². The van der Waals surface area contributed by atoms with E-state index in [0.717, 1.165) is 0 Å². The second-order valence-electron chi connectivity index (χ2n) is 3.39. The van der Waals surface area contributed by atoms with Gasteiger partial charge in [0.1, 0.15) is 0 Å². The van der Waals surface area contributed by atoms with E-state index in [1.807, 2.05) is 13.8 Å². The molecule has 6 heteroatoms. The Hall–Kier alpha value is -1.85. The number of H-pyrrole nitrogens is 1. The van der Waals surface area contributed by atoms with Gasteiger partial charge in [0.05, 0.1) is 18.3 Å². The molecule has 0 aromatic carbocycles. The van der Waals surface area contributed by atoms with Crippen LogP contribution in [0, 0.1) is 0 Å². The fourth-order valence-corrected chi connectivity index (χ4v) is 1.01. The van der Waals surface area contributed by atoms with E-state index in [0.29, 0.717) is 5.56 Å². The minimum absolute atomic E-state index is 0.0256. The van der Waals surface area contributed by atoms with Crippen LogP contribution in [0.5, 0.6) is 0 Å². The first-order valence-electron chi connectivity index (χ1n) is 4.66.